The summed E-state index contributed by atoms with van der Waals surface area (Å²) in [5.41, 5.74) is 0.709. The average Bonchev–Trinajstić information content (AvgIpc) is 2.63. The van der Waals surface area contributed by atoms with E-state index in [2.05, 4.69) is 32.3 Å². The summed E-state index contributed by atoms with van der Waals surface area (Å²) in [5, 5.41) is 5.77. The zero-order valence-electron chi connectivity index (χ0n) is 15.0. The number of aromatic nitrogens is 1. The Morgan fingerprint density at radius 2 is 2.16 bits per heavy atom. The number of anilines is 2. The molecule has 0 radical (unpaired) electrons. The topological polar surface area (TPSA) is 69.7 Å². The third-order valence-corrected chi connectivity index (χ3v) is 4.80. The highest BCUT2D eigenvalue weighted by atomic mass is 16.5. The SMILES string of the molecule is C[C@H]1CCCN(CCNC(=O)Nc2ccc(N3CCOCC3)nc2)C1. The van der Waals surface area contributed by atoms with Crippen LogP contribution < -0.4 is 15.5 Å². The Labute approximate surface area is 149 Å². The van der Waals surface area contributed by atoms with E-state index in [9.17, 15) is 4.79 Å². The molecule has 0 spiro atoms. The largest absolute Gasteiger partial charge is 0.378 e. The lowest BCUT2D eigenvalue weighted by molar-refractivity contribution is 0.122. The number of rotatable bonds is 5. The summed E-state index contributed by atoms with van der Waals surface area (Å²) in [5.74, 6) is 1.69. The molecule has 2 saturated heterocycles. The number of hydrogen-bond donors (Lipinski definition) is 2. The molecule has 2 aliphatic rings. The number of ether oxygens (including phenoxy) is 1. The summed E-state index contributed by atoms with van der Waals surface area (Å²) in [6.07, 6.45) is 4.28. The highest BCUT2D eigenvalue weighted by molar-refractivity contribution is 5.89. The lowest BCUT2D eigenvalue weighted by Crippen LogP contribution is -2.41. The molecular weight excluding hydrogens is 318 g/mol. The molecule has 2 fully saturated rings. The Bertz CT molecular complexity index is 545. The van der Waals surface area contributed by atoms with Gasteiger partial charge in [0.1, 0.15) is 5.82 Å². The minimum absolute atomic E-state index is 0.175. The summed E-state index contributed by atoms with van der Waals surface area (Å²) in [6.45, 7) is 9.32. The van der Waals surface area contributed by atoms with Crippen molar-refractivity contribution in [2.75, 3.05) is 62.7 Å². The normalized spacial score (nSPS) is 21.8. The molecule has 1 atom stereocenters. The molecule has 2 N–H and O–H groups in total. The molecule has 0 aromatic carbocycles. The number of likely N-dealkylation sites (tertiary alicyclic amines) is 1. The lowest BCUT2D eigenvalue weighted by Gasteiger charge is -2.30. The molecule has 2 aliphatic heterocycles. The van der Waals surface area contributed by atoms with E-state index in [1.165, 1.54) is 12.8 Å². The van der Waals surface area contributed by atoms with Crippen LogP contribution in [0.25, 0.3) is 0 Å². The smallest absolute Gasteiger partial charge is 0.319 e. The zero-order chi connectivity index (χ0) is 17.5. The molecule has 3 heterocycles. The van der Waals surface area contributed by atoms with Crippen molar-refractivity contribution in [2.45, 2.75) is 19.8 Å². The van der Waals surface area contributed by atoms with Crippen molar-refractivity contribution in [1.82, 2.24) is 15.2 Å². The predicted molar refractivity (Wildman–Crippen MR) is 99.1 cm³/mol. The zero-order valence-corrected chi connectivity index (χ0v) is 15.0. The number of morpholine rings is 1. The Morgan fingerprint density at radius 1 is 1.32 bits per heavy atom. The van der Waals surface area contributed by atoms with Crippen LogP contribution in [0.4, 0.5) is 16.3 Å². The fraction of sp³-hybridized carbons (Fsp3) is 0.667. The fourth-order valence-corrected chi connectivity index (χ4v) is 3.43. The minimum atomic E-state index is -0.175. The Morgan fingerprint density at radius 3 is 2.88 bits per heavy atom. The van der Waals surface area contributed by atoms with E-state index >= 15 is 0 Å². The second kappa shape index (κ2) is 9.01. The van der Waals surface area contributed by atoms with E-state index in [1.54, 1.807) is 6.20 Å². The molecule has 1 aromatic rings. The molecule has 0 aliphatic carbocycles. The number of nitrogens with zero attached hydrogens (tertiary/aromatic N) is 3. The van der Waals surface area contributed by atoms with Gasteiger partial charge in [-0.1, -0.05) is 6.92 Å². The van der Waals surface area contributed by atoms with E-state index in [0.717, 1.165) is 57.7 Å². The van der Waals surface area contributed by atoms with Crippen LogP contribution in [0.2, 0.25) is 0 Å². The monoisotopic (exact) mass is 347 g/mol. The standard InChI is InChI=1S/C18H29N5O2/c1-15-3-2-7-22(14-15)8-6-19-18(24)21-16-4-5-17(20-13-16)23-9-11-25-12-10-23/h4-5,13,15H,2-3,6-12,14H2,1H3,(H2,19,21,24)/t15-/m0/s1. The van der Waals surface area contributed by atoms with Crippen molar-refractivity contribution in [3.05, 3.63) is 18.3 Å². The number of hydrogen-bond acceptors (Lipinski definition) is 5. The number of piperidine rings is 1. The van der Waals surface area contributed by atoms with Crippen LogP contribution in [0, 0.1) is 5.92 Å². The summed E-state index contributed by atoms with van der Waals surface area (Å²) < 4.78 is 5.35. The number of carbonyl (C=O) groups excluding carboxylic acids is 1. The molecule has 7 nitrogen and oxygen atoms in total. The van der Waals surface area contributed by atoms with Gasteiger partial charge in [0.15, 0.2) is 0 Å². The van der Waals surface area contributed by atoms with Gasteiger partial charge in [-0.2, -0.15) is 0 Å². The van der Waals surface area contributed by atoms with Gasteiger partial charge in [-0.05, 0) is 37.4 Å². The van der Waals surface area contributed by atoms with Crippen molar-refractivity contribution >= 4 is 17.5 Å². The Hall–Kier alpha value is -1.86. The molecule has 0 bridgehead atoms. The third-order valence-electron chi connectivity index (χ3n) is 4.80. The van der Waals surface area contributed by atoms with Gasteiger partial charge < -0.3 is 25.2 Å². The summed E-state index contributed by atoms with van der Waals surface area (Å²) in [4.78, 5) is 21.1. The van der Waals surface area contributed by atoms with Crippen molar-refractivity contribution in [1.29, 1.82) is 0 Å². The average molecular weight is 347 g/mol. The molecule has 0 unspecified atom stereocenters. The first-order valence-electron chi connectivity index (χ1n) is 9.26. The summed E-state index contributed by atoms with van der Waals surface area (Å²) >= 11 is 0. The Balaban J connectivity index is 1.38. The number of pyridine rings is 1. The summed E-state index contributed by atoms with van der Waals surface area (Å²) in [6, 6.07) is 3.66. The number of urea groups is 1. The first kappa shape index (κ1) is 17.9. The molecule has 25 heavy (non-hydrogen) atoms. The molecule has 3 rings (SSSR count). The van der Waals surface area contributed by atoms with E-state index in [0.29, 0.717) is 12.2 Å². The molecule has 7 heteroatoms. The van der Waals surface area contributed by atoms with E-state index in [1.807, 2.05) is 12.1 Å². The van der Waals surface area contributed by atoms with Crippen molar-refractivity contribution in [3.63, 3.8) is 0 Å². The van der Waals surface area contributed by atoms with Gasteiger partial charge in [-0.3, -0.25) is 0 Å². The fourth-order valence-electron chi connectivity index (χ4n) is 3.43. The Kier molecular flexibility index (Phi) is 6.47. The van der Waals surface area contributed by atoms with E-state index in [-0.39, 0.29) is 6.03 Å². The number of nitrogens with one attached hydrogen (secondary N) is 2. The predicted octanol–water partition coefficient (Wildman–Crippen LogP) is 1.77. The van der Waals surface area contributed by atoms with E-state index < -0.39 is 0 Å². The second-order valence-electron chi connectivity index (χ2n) is 6.93. The first-order chi connectivity index (χ1) is 12.2. The van der Waals surface area contributed by atoms with Gasteiger partial charge >= 0.3 is 6.03 Å². The van der Waals surface area contributed by atoms with Crippen LogP contribution in [-0.4, -0.2) is 68.4 Å². The van der Waals surface area contributed by atoms with Gasteiger partial charge in [0.2, 0.25) is 0 Å². The van der Waals surface area contributed by atoms with Gasteiger partial charge in [-0.15, -0.1) is 0 Å². The molecule has 138 valence electrons. The van der Waals surface area contributed by atoms with Gasteiger partial charge in [0.05, 0.1) is 25.1 Å². The minimum Gasteiger partial charge on any atom is -0.378 e. The van der Waals surface area contributed by atoms with Crippen LogP contribution in [0.15, 0.2) is 18.3 Å². The van der Waals surface area contributed by atoms with Crippen LogP contribution in [0.1, 0.15) is 19.8 Å². The van der Waals surface area contributed by atoms with Gasteiger partial charge in [-0.25, -0.2) is 9.78 Å². The van der Waals surface area contributed by atoms with Crippen LogP contribution >= 0.6 is 0 Å². The molecular formula is C18H29N5O2. The van der Waals surface area contributed by atoms with Crippen molar-refractivity contribution in [3.8, 4) is 0 Å². The quantitative estimate of drug-likeness (QED) is 0.850. The summed E-state index contributed by atoms with van der Waals surface area (Å²) in [7, 11) is 0. The molecule has 1 aromatic heterocycles. The van der Waals surface area contributed by atoms with Crippen LogP contribution in [0.3, 0.4) is 0 Å². The van der Waals surface area contributed by atoms with Crippen molar-refractivity contribution < 1.29 is 9.53 Å². The maximum Gasteiger partial charge on any atom is 0.319 e. The van der Waals surface area contributed by atoms with E-state index in [4.69, 9.17) is 4.74 Å². The maximum absolute atomic E-state index is 12.0. The highest BCUT2D eigenvalue weighted by Gasteiger charge is 2.16. The number of carbonyl (C=O) groups is 1. The third kappa shape index (κ3) is 5.57. The lowest BCUT2D eigenvalue weighted by atomic mass is 10.0. The highest BCUT2D eigenvalue weighted by Crippen LogP contribution is 2.16. The molecule has 0 saturated carbocycles. The van der Waals surface area contributed by atoms with Gasteiger partial charge in [0.25, 0.3) is 0 Å². The molecule has 2 amide bonds. The van der Waals surface area contributed by atoms with Gasteiger partial charge in [0, 0.05) is 32.7 Å². The van der Waals surface area contributed by atoms with Crippen molar-refractivity contribution in [2.24, 2.45) is 5.92 Å². The number of amides is 2. The van der Waals surface area contributed by atoms with Crippen LogP contribution in [-0.2, 0) is 4.74 Å². The first-order valence-corrected chi connectivity index (χ1v) is 9.26. The second-order valence-corrected chi connectivity index (χ2v) is 6.93. The van der Waals surface area contributed by atoms with Crippen LogP contribution in [0.5, 0.6) is 0 Å². The maximum atomic E-state index is 12.0.